The van der Waals surface area contributed by atoms with Gasteiger partial charge in [0.1, 0.15) is 17.7 Å². The molecule has 112 valence electrons. The zero-order chi connectivity index (χ0) is 16.7. The fraction of sp³-hybridized carbons (Fsp3) is 0.0526. The third-order valence-electron chi connectivity index (χ3n) is 3.02. The zero-order valence-electron chi connectivity index (χ0n) is 12.5. The van der Waals surface area contributed by atoms with Gasteiger partial charge in [-0.15, -0.1) is 0 Å². The van der Waals surface area contributed by atoms with Crippen molar-refractivity contribution in [2.75, 3.05) is 0 Å². The highest BCUT2D eigenvalue weighted by Gasteiger charge is 2.04. The minimum Gasteiger partial charge on any atom is -0.192 e. The van der Waals surface area contributed by atoms with E-state index >= 15 is 0 Å². The minimum absolute atomic E-state index is 0.0753. The first kappa shape index (κ1) is 16.9. The number of rotatable bonds is 4. The molecule has 0 amide bonds. The van der Waals surface area contributed by atoms with Gasteiger partial charge in [-0.2, -0.15) is 10.5 Å². The topological polar surface area (TPSA) is 47.6 Å². The van der Waals surface area contributed by atoms with Crippen LogP contribution in [0, 0.1) is 29.6 Å². The molecule has 0 heterocycles. The molecule has 0 N–H and O–H groups in total. The number of nitrogens with zero attached hydrogens (tertiary/aromatic N) is 2. The average Bonchev–Trinajstić information content (AvgIpc) is 2.57. The van der Waals surface area contributed by atoms with Crippen molar-refractivity contribution in [3.63, 3.8) is 0 Å². The maximum Gasteiger partial charge on any atom is 0.129 e. The van der Waals surface area contributed by atoms with Crippen LogP contribution in [0.1, 0.15) is 11.1 Å². The number of benzene rings is 2. The van der Waals surface area contributed by atoms with E-state index in [0.29, 0.717) is 5.02 Å². The molecule has 2 aromatic carbocycles. The molecule has 2 aromatic rings. The number of halogens is 1. The fourth-order valence-electron chi connectivity index (χ4n) is 1.80. The summed E-state index contributed by atoms with van der Waals surface area (Å²) >= 11 is 7.48. The van der Waals surface area contributed by atoms with Crippen molar-refractivity contribution in [3.8, 4) is 12.1 Å². The van der Waals surface area contributed by atoms with Crippen LogP contribution in [0.15, 0.2) is 71.2 Å². The summed E-state index contributed by atoms with van der Waals surface area (Å²) in [5.74, 6) is 0. The number of nitriles is 2. The Bertz CT molecular complexity index is 804. The van der Waals surface area contributed by atoms with Gasteiger partial charge in [0.15, 0.2) is 0 Å². The summed E-state index contributed by atoms with van der Waals surface area (Å²) in [6.45, 7) is 2.03. The van der Waals surface area contributed by atoms with E-state index in [4.69, 9.17) is 22.1 Å². The summed E-state index contributed by atoms with van der Waals surface area (Å²) in [7, 11) is 0. The Kier molecular flexibility index (Phi) is 6.06. The van der Waals surface area contributed by atoms with Crippen LogP contribution in [0.2, 0.25) is 5.02 Å². The van der Waals surface area contributed by atoms with Gasteiger partial charge >= 0.3 is 0 Å². The lowest BCUT2D eigenvalue weighted by molar-refractivity contribution is 1.45. The van der Waals surface area contributed by atoms with Crippen molar-refractivity contribution in [1.29, 1.82) is 10.5 Å². The van der Waals surface area contributed by atoms with E-state index in [9.17, 15) is 0 Å². The van der Waals surface area contributed by atoms with E-state index in [2.05, 4.69) is 0 Å². The van der Waals surface area contributed by atoms with Crippen molar-refractivity contribution in [1.82, 2.24) is 0 Å². The van der Waals surface area contributed by atoms with Crippen molar-refractivity contribution < 1.29 is 0 Å². The highest BCUT2D eigenvalue weighted by Crippen LogP contribution is 2.35. The van der Waals surface area contributed by atoms with Gasteiger partial charge in [0.05, 0.1) is 0 Å². The van der Waals surface area contributed by atoms with E-state index in [1.54, 1.807) is 17.8 Å². The minimum atomic E-state index is 0.0753. The monoisotopic (exact) mass is 336 g/mol. The Morgan fingerprint density at radius 1 is 0.957 bits per heavy atom. The maximum atomic E-state index is 8.87. The van der Waals surface area contributed by atoms with Crippen LogP contribution in [0.4, 0.5) is 0 Å². The van der Waals surface area contributed by atoms with Gasteiger partial charge in [0, 0.05) is 14.8 Å². The number of allylic oxidation sites excluding steroid dienone is 3. The van der Waals surface area contributed by atoms with Crippen LogP contribution in [-0.4, -0.2) is 0 Å². The summed E-state index contributed by atoms with van der Waals surface area (Å²) in [6, 6.07) is 19.4. The SMILES string of the molecule is Cc1ccc(/C(=C/C=C(C#N)C#N)Sc2ccc(Cl)cc2)cc1. The van der Waals surface area contributed by atoms with E-state index < -0.39 is 0 Å². The van der Waals surface area contributed by atoms with Gasteiger partial charge in [0.25, 0.3) is 0 Å². The van der Waals surface area contributed by atoms with E-state index in [0.717, 1.165) is 15.4 Å². The highest BCUT2D eigenvalue weighted by atomic mass is 35.5. The predicted molar refractivity (Wildman–Crippen MR) is 95.8 cm³/mol. The van der Waals surface area contributed by atoms with Gasteiger partial charge < -0.3 is 0 Å². The Labute approximate surface area is 145 Å². The largest absolute Gasteiger partial charge is 0.192 e. The molecule has 0 aliphatic rings. The molecule has 0 aliphatic carbocycles. The van der Waals surface area contributed by atoms with Crippen LogP contribution >= 0.6 is 23.4 Å². The first-order valence-electron chi connectivity index (χ1n) is 6.85. The molecule has 4 heteroatoms. The van der Waals surface area contributed by atoms with Crippen molar-refractivity contribution in [2.45, 2.75) is 11.8 Å². The number of aryl methyl sites for hydroxylation is 1. The molecule has 0 saturated heterocycles. The standard InChI is InChI=1S/C19H13ClN2S/c1-14-2-5-16(6-3-14)19(11-4-15(12-21)13-22)23-18-9-7-17(20)8-10-18/h2-11H,1H3/b19-11-. The molecule has 0 fully saturated rings. The molecule has 0 aromatic heterocycles. The molecule has 23 heavy (non-hydrogen) atoms. The fourth-order valence-corrected chi connectivity index (χ4v) is 2.84. The van der Waals surface area contributed by atoms with Crippen LogP contribution in [0.3, 0.4) is 0 Å². The summed E-state index contributed by atoms with van der Waals surface area (Å²) < 4.78 is 0. The Morgan fingerprint density at radius 2 is 1.57 bits per heavy atom. The average molecular weight is 337 g/mol. The van der Waals surface area contributed by atoms with Crippen LogP contribution in [0.25, 0.3) is 4.91 Å². The lowest BCUT2D eigenvalue weighted by Gasteiger charge is -2.08. The Hall–Kier alpha value is -2.46. The second-order valence-corrected chi connectivity index (χ2v) is 6.31. The Balaban J connectivity index is 2.39. The lowest BCUT2D eigenvalue weighted by atomic mass is 10.1. The number of thioether (sulfide) groups is 1. The quantitative estimate of drug-likeness (QED) is 0.405. The normalized spacial score (nSPS) is 10.5. The van der Waals surface area contributed by atoms with Gasteiger partial charge in [-0.05, 0) is 48.9 Å². The molecule has 0 saturated carbocycles. The molecular weight excluding hydrogens is 324 g/mol. The highest BCUT2D eigenvalue weighted by molar-refractivity contribution is 8.08. The van der Waals surface area contributed by atoms with Crippen LogP contribution in [-0.2, 0) is 0 Å². The summed E-state index contributed by atoms with van der Waals surface area (Å²) in [5.41, 5.74) is 2.28. The molecule has 2 nitrogen and oxygen atoms in total. The second-order valence-electron chi connectivity index (χ2n) is 4.76. The van der Waals surface area contributed by atoms with Crippen LogP contribution < -0.4 is 0 Å². The van der Waals surface area contributed by atoms with Gasteiger partial charge in [0.2, 0.25) is 0 Å². The molecule has 0 unspecified atom stereocenters. The molecular formula is C19H13ClN2S. The van der Waals surface area contributed by atoms with Gasteiger partial charge in [-0.1, -0.05) is 53.2 Å². The third-order valence-corrected chi connectivity index (χ3v) is 4.37. The third kappa shape index (κ3) is 5.04. The van der Waals surface area contributed by atoms with E-state index in [-0.39, 0.29) is 5.57 Å². The predicted octanol–water partition coefficient (Wildman–Crippen LogP) is 5.76. The molecule has 0 atom stereocenters. The van der Waals surface area contributed by atoms with E-state index in [1.165, 1.54) is 11.6 Å². The van der Waals surface area contributed by atoms with Gasteiger partial charge in [-0.3, -0.25) is 0 Å². The van der Waals surface area contributed by atoms with Crippen molar-refractivity contribution in [3.05, 3.63) is 82.4 Å². The number of hydrogen-bond donors (Lipinski definition) is 0. The first-order valence-corrected chi connectivity index (χ1v) is 8.04. The smallest absolute Gasteiger partial charge is 0.129 e. The zero-order valence-corrected chi connectivity index (χ0v) is 14.0. The molecule has 0 aliphatic heterocycles. The second kappa shape index (κ2) is 8.25. The summed E-state index contributed by atoms with van der Waals surface area (Å²) in [6.07, 6.45) is 3.34. The van der Waals surface area contributed by atoms with E-state index in [1.807, 2.05) is 67.6 Å². The van der Waals surface area contributed by atoms with Crippen molar-refractivity contribution >= 4 is 28.3 Å². The molecule has 0 bridgehead atoms. The van der Waals surface area contributed by atoms with Crippen LogP contribution in [0.5, 0.6) is 0 Å². The maximum absolute atomic E-state index is 8.87. The lowest BCUT2D eigenvalue weighted by Crippen LogP contribution is -1.82. The Morgan fingerprint density at radius 3 is 2.13 bits per heavy atom. The molecule has 0 radical (unpaired) electrons. The summed E-state index contributed by atoms with van der Waals surface area (Å²) in [5, 5.41) is 18.4. The number of hydrogen-bond acceptors (Lipinski definition) is 3. The molecule has 0 spiro atoms. The first-order chi connectivity index (χ1) is 11.1. The molecule has 2 rings (SSSR count). The van der Waals surface area contributed by atoms with Crippen molar-refractivity contribution in [2.24, 2.45) is 0 Å². The van der Waals surface area contributed by atoms with Gasteiger partial charge in [-0.25, -0.2) is 0 Å². The summed E-state index contributed by atoms with van der Waals surface area (Å²) in [4.78, 5) is 1.99.